The Morgan fingerprint density at radius 2 is 1.95 bits per heavy atom. The van der Waals surface area contributed by atoms with Gasteiger partial charge in [-0.1, -0.05) is 25.5 Å². The van der Waals surface area contributed by atoms with Crippen molar-refractivity contribution in [3.63, 3.8) is 0 Å². The van der Waals surface area contributed by atoms with E-state index in [1.807, 2.05) is 38.1 Å². The molecule has 0 aliphatic heterocycles. The number of benzene rings is 1. The van der Waals surface area contributed by atoms with E-state index in [1.165, 1.54) is 0 Å². The van der Waals surface area contributed by atoms with E-state index in [0.717, 1.165) is 28.8 Å². The van der Waals surface area contributed by atoms with Crippen LogP contribution in [0.4, 0.5) is 0 Å². The van der Waals surface area contributed by atoms with Crippen LogP contribution in [0.3, 0.4) is 0 Å². The number of hydrogen-bond donors (Lipinski definition) is 2. The second-order valence-electron chi connectivity index (χ2n) is 4.80. The predicted molar refractivity (Wildman–Crippen MR) is 77.4 cm³/mol. The highest BCUT2D eigenvalue weighted by Gasteiger charge is 2.16. The highest BCUT2D eigenvalue weighted by Crippen LogP contribution is 2.12. The lowest BCUT2D eigenvalue weighted by molar-refractivity contribution is -0.139. The minimum absolute atomic E-state index is 0.417. The Bertz CT molecular complexity index is 613. The topological polar surface area (TPSA) is 75.1 Å². The number of para-hydroxylation sites is 2. The Morgan fingerprint density at radius 3 is 2.55 bits per heavy atom. The molecule has 1 heterocycles. The predicted octanol–water partition coefficient (Wildman–Crippen LogP) is 2.28. The van der Waals surface area contributed by atoms with Crippen molar-refractivity contribution in [2.75, 3.05) is 0 Å². The first-order valence-corrected chi connectivity index (χ1v) is 6.80. The number of rotatable bonds is 6. The van der Waals surface area contributed by atoms with Crippen molar-refractivity contribution in [1.82, 2.24) is 15.3 Å². The van der Waals surface area contributed by atoms with Gasteiger partial charge in [-0.2, -0.15) is 0 Å². The lowest BCUT2D eigenvalue weighted by atomic mass is 10.1. The lowest BCUT2D eigenvalue weighted by Gasteiger charge is -2.14. The zero-order valence-electron chi connectivity index (χ0n) is 11.8. The van der Waals surface area contributed by atoms with Crippen molar-refractivity contribution in [1.29, 1.82) is 0 Å². The van der Waals surface area contributed by atoms with Crippen LogP contribution < -0.4 is 5.32 Å². The van der Waals surface area contributed by atoms with Gasteiger partial charge in [-0.3, -0.25) is 10.1 Å². The first-order valence-electron chi connectivity index (χ1n) is 6.80. The van der Waals surface area contributed by atoms with E-state index < -0.39 is 12.0 Å². The van der Waals surface area contributed by atoms with E-state index in [-0.39, 0.29) is 0 Å². The Labute approximate surface area is 118 Å². The number of carboxylic acid groups (broad SMARTS) is 1. The zero-order chi connectivity index (χ0) is 14.5. The maximum atomic E-state index is 11.1. The Morgan fingerprint density at radius 1 is 1.30 bits per heavy atom. The maximum absolute atomic E-state index is 11.1. The fraction of sp³-hybridized carbons (Fsp3) is 0.400. The molecule has 106 valence electrons. The molecule has 0 fully saturated rings. The van der Waals surface area contributed by atoms with E-state index in [0.29, 0.717) is 13.0 Å². The third-order valence-corrected chi connectivity index (χ3v) is 3.23. The van der Waals surface area contributed by atoms with Gasteiger partial charge in [0.25, 0.3) is 0 Å². The van der Waals surface area contributed by atoms with E-state index >= 15 is 0 Å². The summed E-state index contributed by atoms with van der Waals surface area (Å²) in [6.07, 6.45) is 1.43. The zero-order valence-corrected chi connectivity index (χ0v) is 11.8. The van der Waals surface area contributed by atoms with E-state index in [2.05, 4.69) is 15.3 Å². The van der Waals surface area contributed by atoms with Crippen LogP contribution in [-0.4, -0.2) is 27.1 Å². The van der Waals surface area contributed by atoms with Gasteiger partial charge >= 0.3 is 5.97 Å². The van der Waals surface area contributed by atoms with Gasteiger partial charge in [-0.15, -0.1) is 0 Å². The minimum Gasteiger partial charge on any atom is -0.480 e. The highest BCUT2D eigenvalue weighted by molar-refractivity contribution is 5.74. The number of hydrogen-bond acceptors (Lipinski definition) is 4. The second-order valence-corrected chi connectivity index (χ2v) is 4.80. The first-order chi connectivity index (χ1) is 9.61. The van der Waals surface area contributed by atoms with Crippen LogP contribution in [-0.2, 0) is 11.3 Å². The quantitative estimate of drug-likeness (QED) is 0.844. The van der Waals surface area contributed by atoms with E-state index in [9.17, 15) is 4.79 Å². The van der Waals surface area contributed by atoms with Gasteiger partial charge in [0.1, 0.15) is 6.04 Å². The summed E-state index contributed by atoms with van der Waals surface area (Å²) in [5, 5.41) is 12.2. The Kier molecular flexibility index (Phi) is 4.63. The largest absolute Gasteiger partial charge is 0.480 e. The normalized spacial score (nSPS) is 12.5. The standard InChI is InChI=1S/C15H19N3O2/c1-3-6-13(15(19)20)16-9-14-10(2)17-11-7-4-5-8-12(11)18-14/h4-5,7-8,13,16H,3,6,9H2,1-2H3,(H,19,20). The molecule has 0 amide bonds. The summed E-state index contributed by atoms with van der Waals surface area (Å²) >= 11 is 0. The Balaban J connectivity index is 2.16. The second kappa shape index (κ2) is 6.43. The third kappa shape index (κ3) is 3.30. The summed E-state index contributed by atoms with van der Waals surface area (Å²) < 4.78 is 0. The summed E-state index contributed by atoms with van der Waals surface area (Å²) in [5.41, 5.74) is 3.32. The minimum atomic E-state index is -0.821. The number of aliphatic carboxylic acids is 1. The number of nitrogens with zero attached hydrogens (tertiary/aromatic N) is 2. The molecule has 20 heavy (non-hydrogen) atoms. The SMILES string of the molecule is CCCC(NCc1nc2ccccc2nc1C)C(=O)O. The third-order valence-electron chi connectivity index (χ3n) is 3.23. The van der Waals surface area contributed by atoms with Crippen molar-refractivity contribution < 1.29 is 9.90 Å². The number of aryl methyl sites for hydroxylation is 1. The average molecular weight is 273 g/mol. The molecule has 2 aromatic rings. The van der Waals surface area contributed by atoms with Crippen molar-refractivity contribution in [3.8, 4) is 0 Å². The molecule has 1 aromatic carbocycles. The van der Waals surface area contributed by atoms with Crippen LogP contribution in [0.1, 0.15) is 31.2 Å². The van der Waals surface area contributed by atoms with Crippen LogP contribution in [0, 0.1) is 6.92 Å². The smallest absolute Gasteiger partial charge is 0.320 e. The van der Waals surface area contributed by atoms with Crippen LogP contribution in [0.15, 0.2) is 24.3 Å². The monoisotopic (exact) mass is 273 g/mol. The summed E-state index contributed by atoms with van der Waals surface area (Å²) in [5.74, 6) is -0.821. The maximum Gasteiger partial charge on any atom is 0.320 e. The van der Waals surface area contributed by atoms with Gasteiger partial charge in [0, 0.05) is 6.54 Å². The van der Waals surface area contributed by atoms with Crippen molar-refractivity contribution in [3.05, 3.63) is 35.7 Å². The van der Waals surface area contributed by atoms with Crippen LogP contribution in [0.2, 0.25) is 0 Å². The summed E-state index contributed by atoms with van der Waals surface area (Å²) in [4.78, 5) is 20.2. The van der Waals surface area contributed by atoms with E-state index in [4.69, 9.17) is 5.11 Å². The Hall–Kier alpha value is -2.01. The molecule has 0 aliphatic rings. The van der Waals surface area contributed by atoms with E-state index in [1.54, 1.807) is 0 Å². The molecule has 0 saturated heterocycles. The van der Waals surface area contributed by atoms with Crippen LogP contribution in [0.5, 0.6) is 0 Å². The van der Waals surface area contributed by atoms with Gasteiger partial charge in [0.2, 0.25) is 0 Å². The number of fused-ring (bicyclic) bond motifs is 1. The molecule has 5 nitrogen and oxygen atoms in total. The lowest BCUT2D eigenvalue weighted by Crippen LogP contribution is -2.36. The van der Waals surface area contributed by atoms with Crippen LogP contribution in [0.25, 0.3) is 11.0 Å². The molecule has 1 atom stereocenters. The molecule has 2 rings (SSSR count). The number of aromatic nitrogens is 2. The van der Waals surface area contributed by atoms with Crippen LogP contribution >= 0.6 is 0 Å². The first kappa shape index (κ1) is 14.4. The molecule has 0 saturated carbocycles. The number of nitrogens with one attached hydrogen (secondary N) is 1. The molecule has 0 radical (unpaired) electrons. The molecule has 0 bridgehead atoms. The molecular formula is C15H19N3O2. The van der Waals surface area contributed by atoms with Gasteiger partial charge in [0.15, 0.2) is 0 Å². The molecule has 1 aromatic heterocycles. The van der Waals surface area contributed by atoms with Gasteiger partial charge in [-0.25, -0.2) is 9.97 Å². The fourth-order valence-electron chi connectivity index (χ4n) is 2.11. The molecule has 2 N–H and O–H groups in total. The van der Waals surface area contributed by atoms with Gasteiger partial charge in [-0.05, 0) is 25.5 Å². The van der Waals surface area contributed by atoms with Crippen molar-refractivity contribution >= 4 is 17.0 Å². The van der Waals surface area contributed by atoms with Crippen molar-refractivity contribution in [2.24, 2.45) is 0 Å². The van der Waals surface area contributed by atoms with Crippen molar-refractivity contribution in [2.45, 2.75) is 39.3 Å². The molecule has 0 spiro atoms. The summed E-state index contributed by atoms with van der Waals surface area (Å²) in [6, 6.07) is 7.14. The van der Waals surface area contributed by atoms with Gasteiger partial charge in [0.05, 0.1) is 22.4 Å². The van der Waals surface area contributed by atoms with Gasteiger partial charge < -0.3 is 5.11 Å². The number of carboxylic acids is 1. The number of carbonyl (C=O) groups is 1. The summed E-state index contributed by atoms with van der Waals surface area (Å²) in [7, 11) is 0. The fourth-order valence-corrected chi connectivity index (χ4v) is 2.11. The molecular weight excluding hydrogens is 254 g/mol. The molecule has 0 aliphatic carbocycles. The summed E-state index contributed by atoms with van der Waals surface area (Å²) in [6.45, 7) is 4.28. The average Bonchev–Trinajstić information content (AvgIpc) is 2.43. The molecule has 5 heteroatoms. The molecule has 1 unspecified atom stereocenters. The highest BCUT2D eigenvalue weighted by atomic mass is 16.4.